The van der Waals surface area contributed by atoms with Crippen molar-refractivity contribution in [1.29, 1.82) is 0 Å². The van der Waals surface area contributed by atoms with Gasteiger partial charge in [0, 0.05) is 17.3 Å². The summed E-state index contributed by atoms with van der Waals surface area (Å²) in [6.45, 7) is -0.439. The molecule has 34 heavy (non-hydrogen) atoms. The zero-order chi connectivity index (χ0) is 24.0. The number of amides is 1. The fourth-order valence-electron chi connectivity index (χ4n) is 4.49. The topological polar surface area (TPSA) is 146 Å². The van der Waals surface area contributed by atoms with Crippen molar-refractivity contribution in [2.75, 3.05) is 11.4 Å². The summed E-state index contributed by atoms with van der Waals surface area (Å²) >= 11 is 0. The SMILES string of the molecule is Cn1ncnc1[C@H]1c2n[nH]c(=O)c3cc(F)cc(c23)N(CC(=O)N=[N+]=[N-])[C@@H]1c1ccc(F)cc1. The molecule has 0 saturated heterocycles. The Kier molecular flexibility index (Phi) is 5.02. The van der Waals surface area contributed by atoms with Gasteiger partial charge in [0.05, 0.1) is 35.3 Å². The molecule has 0 unspecified atom stereocenters. The van der Waals surface area contributed by atoms with Crippen LogP contribution in [0.15, 0.2) is 52.6 Å². The van der Waals surface area contributed by atoms with E-state index in [9.17, 15) is 18.4 Å². The van der Waals surface area contributed by atoms with E-state index >= 15 is 0 Å². The molecule has 2 aromatic carbocycles. The first-order chi connectivity index (χ1) is 16.4. The Hall–Kier alpha value is -4.64. The number of carbonyl (C=O) groups excluding carboxylic acids is 1. The lowest BCUT2D eigenvalue weighted by atomic mass is 9.82. The highest BCUT2D eigenvalue weighted by Crippen LogP contribution is 2.49. The summed E-state index contributed by atoms with van der Waals surface area (Å²) < 4.78 is 29.9. The second-order valence-electron chi connectivity index (χ2n) is 7.71. The largest absolute Gasteiger partial charge is 0.355 e. The average Bonchev–Trinajstić information content (AvgIpc) is 3.23. The zero-order valence-corrected chi connectivity index (χ0v) is 17.6. The van der Waals surface area contributed by atoms with Gasteiger partial charge in [0.25, 0.3) is 5.56 Å². The van der Waals surface area contributed by atoms with Crippen LogP contribution in [0.3, 0.4) is 0 Å². The van der Waals surface area contributed by atoms with E-state index in [4.69, 9.17) is 5.53 Å². The first-order valence-electron chi connectivity index (χ1n) is 10.0. The summed E-state index contributed by atoms with van der Waals surface area (Å²) in [6, 6.07) is 7.07. The fourth-order valence-corrected chi connectivity index (χ4v) is 4.49. The van der Waals surface area contributed by atoms with Crippen LogP contribution in [-0.4, -0.2) is 37.4 Å². The molecule has 0 aliphatic carbocycles. The Bertz CT molecular complexity index is 1540. The van der Waals surface area contributed by atoms with Crippen LogP contribution >= 0.6 is 0 Å². The number of benzene rings is 2. The Labute approximate surface area is 189 Å². The van der Waals surface area contributed by atoms with Gasteiger partial charge in [0.2, 0.25) is 5.91 Å². The molecule has 170 valence electrons. The summed E-state index contributed by atoms with van der Waals surface area (Å²) in [5.74, 6) is -2.28. The van der Waals surface area contributed by atoms with Crippen molar-refractivity contribution in [2.24, 2.45) is 12.2 Å². The number of aromatic amines is 1. The van der Waals surface area contributed by atoms with Crippen molar-refractivity contribution in [1.82, 2.24) is 25.0 Å². The molecule has 11 nitrogen and oxygen atoms in total. The predicted octanol–water partition coefficient (Wildman–Crippen LogP) is 2.86. The molecule has 13 heteroatoms. The maximum atomic E-state index is 14.7. The van der Waals surface area contributed by atoms with Gasteiger partial charge < -0.3 is 4.90 Å². The summed E-state index contributed by atoms with van der Waals surface area (Å²) in [7, 11) is 1.67. The number of aromatic nitrogens is 5. The standard InChI is InChI=1S/C21H15F2N9O2/c1-31-20(25-9-26-31)17-18-16-13(21(34)29-28-18)6-12(23)7-14(16)32(8-15(33)27-30-24)19(17)10-2-4-11(22)5-3-10/h2-7,9,17,19H,8H2,1H3,(H,29,34)/t17-,19+/m0/s1. The zero-order valence-electron chi connectivity index (χ0n) is 17.6. The van der Waals surface area contributed by atoms with Crippen molar-refractivity contribution in [3.63, 3.8) is 0 Å². The molecule has 4 aromatic rings. The molecular weight excluding hydrogens is 448 g/mol. The highest BCUT2D eigenvalue weighted by atomic mass is 19.1. The van der Waals surface area contributed by atoms with Crippen molar-refractivity contribution in [3.8, 4) is 0 Å². The summed E-state index contributed by atoms with van der Waals surface area (Å²) in [5.41, 5.74) is 9.27. The van der Waals surface area contributed by atoms with Gasteiger partial charge >= 0.3 is 0 Å². The molecule has 0 bridgehead atoms. The normalized spacial score (nSPS) is 17.0. The number of nitrogens with zero attached hydrogens (tertiary/aromatic N) is 8. The van der Waals surface area contributed by atoms with Crippen LogP contribution in [0, 0.1) is 11.6 Å². The van der Waals surface area contributed by atoms with Crippen LogP contribution in [0.1, 0.15) is 29.0 Å². The van der Waals surface area contributed by atoms with Gasteiger partial charge in [-0.1, -0.05) is 12.1 Å². The van der Waals surface area contributed by atoms with Gasteiger partial charge in [0.15, 0.2) is 0 Å². The predicted molar refractivity (Wildman–Crippen MR) is 116 cm³/mol. The van der Waals surface area contributed by atoms with Gasteiger partial charge in [-0.2, -0.15) is 10.2 Å². The van der Waals surface area contributed by atoms with Gasteiger partial charge in [-0.15, -0.1) is 0 Å². The van der Waals surface area contributed by atoms with Crippen LogP contribution in [0.4, 0.5) is 14.5 Å². The summed E-state index contributed by atoms with van der Waals surface area (Å²) in [6.07, 6.45) is 1.34. The van der Waals surface area contributed by atoms with Crippen molar-refractivity contribution < 1.29 is 13.6 Å². The number of H-pyrrole nitrogens is 1. The highest BCUT2D eigenvalue weighted by molar-refractivity contribution is 5.99. The van der Waals surface area contributed by atoms with Crippen LogP contribution in [0.5, 0.6) is 0 Å². The second-order valence-corrected chi connectivity index (χ2v) is 7.71. The number of aryl methyl sites for hydroxylation is 1. The lowest BCUT2D eigenvalue weighted by Gasteiger charge is -2.42. The minimum absolute atomic E-state index is 0.0333. The second kappa shape index (κ2) is 8.05. The molecule has 1 aliphatic heterocycles. The number of nitrogens with one attached hydrogen (secondary N) is 1. The Morgan fingerprint density at radius 1 is 1.24 bits per heavy atom. The van der Waals surface area contributed by atoms with Crippen LogP contribution in [-0.2, 0) is 11.8 Å². The summed E-state index contributed by atoms with van der Waals surface area (Å²) in [5, 5.41) is 14.3. The van der Waals surface area contributed by atoms with Crippen molar-refractivity contribution in [3.05, 3.63) is 92.2 Å². The number of halogens is 2. The molecule has 1 aliphatic rings. The maximum Gasteiger partial charge on any atom is 0.272 e. The molecule has 1 N–H and O–H groups in total. The van der Waals surface area contributed by atoms with E-state index in [1.807, 2.05) is 0 Å². The molecular formula is C21H15F2N9O2. The third-order valence-electron chi connectivity index (χ3n) is 5.81. The summed E-state index contributed by atoms with van der Waals surface area (Å²) in [4.78, 5) is 33.4. The number of anilines is 1. The van der Waals surface area contributed by atoms with E-state index in [1.165, 1.54) is 46.2 Å². The van der Waals surface area contributed by atoms with Crippen LogP contribution < -0.4 is 10.5 Å². The van der Waals surface area contributed by atoms with Crippen molar-refractivity contribution in [2.45, 2.75) is 12.0 Å². The molecule has 2 aromatic heterocycles. The minimum Gasteiger partial charge on any atom is -0.355 e. The van der Waals surface area contributed by atoms with Gasteiger partial charge in [-0.05, 0) is 40.5 Å². The van der Waals surface area contributed by atoms with Gasteiger partial charge in [-0.3, -0.25) is 14.3 Å². The molecule has 0 saturated carbocycles. The van der Waals surface area contributed by atoms with Gasteiger partial charge in [-0.25, -0.2) is 18.9 Å². The quantitative estimate of drug-likeness (QED) is 0.280. The lowest BCUT2D eigenvalue weighted by Crippen LogP contribution is -2.41. The molecule has 3 heterocycles. The first-order valence-corrected chi connectivity index (χ1v) is 10.0. The molecule has 0 radical (unpaired) electrons. The number of azide groups is 1. The van der Waals surface area contributed by atoms with E-state index in [1.54, 1.807) is 7.05 Å². The molecule has 0 fully saturated rings. The Morgan fingerprint density at radius 2 is 2.00 bits per heavy atom. The number of hydrogen-bond donors (Lipinski definition) is 1. The molecule has 2 atom stereocenters. The maximum absolute atomic E-state index is 14.7. The van der Waals surface area contributed by atoms with E-state index in [0.717, 1.165) is 6.07 Å². The van der Waals surface area contributed by atoms with E-state index in [2.05, 4.69) is 30.3 Å². The third-order valence-corrected chi connectivity index (χ3v) is 5.81. The number of rotatable bonds is 4. The molecule has 0 spiro atoms. The highest BCUT2D eigenvalue weighted by Gasteiger charge is 2.42. The van der Waals surface area contributed by atoms with E-state index in [-0.39, 0.29) is 11.1 Å². The van der Waals surface area contributed by atoms with E-state index in [0.29, 0.717) is 22.5 Å². The number of carbonyl (C=O) groups is 1. The van der Waals surface area contributed by atoms with Gasteiger partial charge in [0.1, 0.15) is 23.8 Å². The monoisotopic (exact) mass is 463 g/mol. The van der Waals surface area contributed by atoms with Crippen LogP contribution in [0.2, 0.25) is 0 Å². The van der Waals surface area contributed by atoms with Crippen LogP contribution in [0.25, 0.3) is 21.2 Å². The third kappa shape index (κ3) is 3.35. The Balaban J connectivity index is 1.88. The number of hydrogen-bond acceptors (Lipinski definition) is 6. The smallest absolute Gasteiger partial charge is 0.272 e. The first kappa shape index (κ1) is 21.2. The Morgan fingerprint density at radius 3 is 2.68 bits per heavy atom. The molecule has 1 amide bonds. The van der Waals surface area contributed by atoms with E-state index < -0.39 is 41.6 Å². The van der Waals surface area contributed by atoms with Crippen molar-refractivity contribution >= 4 is 22.4 Å². The fraction of sp³-hybridized carbons (Fsp3) is 0.190. The molecule has 5 rings (SSSR count). The lowest BCUT2D eigenvalue weighted by molar-refractivity contribution is -0.116. The average molecular weight is 463 g/mol. The minimum atomic E-state index is -0.829.